The summed E-state index contributed by atoms with van der Waals surface area (Å²) in [6.07, 6.45) is 3.12. The zero-order valence-corrected chi connectivity index (χ0v) is 15.9. The molecular formula is C23H20N2O4. The quantitative estimate of drug-likeness (QED) is 0.677. The topological polar surface area (TPSA) is 67.9 Å². The van der Waals surface area contributed by atoms with Gasteiger partial charge in [-0.2, -0.15) is 0 Å². The lowest BCUT2D eigenvalue weighted by Crippen LogP contribution is -2.33. The average Bonchev–Trinajstić information content (AvgIpc) is 3.20. The number of carbonyl (C=O) groups excluding carboxylic acids is 2. The second-order valence-corrected chi connectivity index (χ2v) is 6.72. The Labute approximate surface area is 168 Å². The van der Waals surface area contributed by atoms with Crippen LogP contribution in [0.3, 0.4) is 0 Å². The standard InChI is InChI=1S/C23H20N2O4/c1-25(23(27)12-10-16-9-11-20-21(13-16)29-15-28-20)14-22(26)24-19-8-4-6-17-5-2-3-7-18(17)19/h2-13H,14-15H2,1H3,(H,24,26)/b12-10+. The Bertz CT molecular complexity index is 1100. The molecule has 29 heavy (non-hydrogen) atoms. The van der Waals surface area contributed by atoms with E-state index in [1.807, 2.05) is 48.5 Å². The number of rotatable bonds is 5. The Hall–Kier alpha value is -3.80. The Kier molecular flexibility index (Phi) is 5.16. The minimum atomic E-state index is -0.268. The molecule has 0 atom stereocenters. The summed E-state index contributed by atoms with van der Waals surface area (Å²) in [5.41, 5.74) is 1.54. The van der Waals surface area contributed by atoms with Gasteiger partial charge in [-0.25, -0.2) is 0 Å². The molecule has 3 aromatic carbocycles. The van der Waals surface area contributed by atoms with Gasteiger partial charge in [0.2, 0.25) is 18.6 Å². The van der Waals surface area contributed by atoms with Crippen molar-refractivity contribution in [3.63, 3.8) is 0 Å². The molecule has 1 aliphatic heterocycles. The number of hydrogen-bond acceptors (Lipinski definition) is 4. The molecule has 2 amide bonds. The van der Waals surface area contributed by atoms with Crippen molar-refractivity contribution in [2.45, 2.75) is 0 Å². The first-order chi connectivity index (χ1) is 14.1. The number of benzene rings is 3. The van der Waals surface area contributed by atoms with Crippen molar-refractivity contribution < 1.29 is 19.1 Å². The van der Waals surface area contributed by atoms with E-state index >= 15 is 0 Å². The Morgan fingerprint density at radius 2 is 1.83 bits per heavy atom. The van der Waals surface area contributed by atoms with E-state index in [-0.39, 0.29) is 25.2 Å². The highest BCUT2D eigenvalue weighted by molar-refractivity contribution is 6.04. The van der Waals surface area contributed by atoms with E-state index in [2.05, 4.69) is 5.32 Å². The summed E-state index contributed by atoms with van der Waals surface area (Å²) in [7, 11) is 1.59. The molecule has 4 rings (SSSR count). The number of anilines is 1. The SMILES string of the molecule is CN(CC(=O)Nc1cccc2ccccc12)C(=O)/C=C/c1ccc2c(c1)OCO2. The van der Waals surface area contributed by atoms with Crippen molar-refractivity contribution in [2.24, 2.45) is 0 Å². The molecule has 0 unspecified atom stereocenters. The third kappa shape index (κ3) is 4.21. The lowest BCUT2D eigenvalue weighted by molar-refractivity contribution is -0.129. The highest BCUT2D eigenvalue weighted by Gasteiger charge is 2.14. The molecule has 0 saturated heterocycles. The molecule has 1 N–H and O–H groups in total. The van der Waals surface area contributed by atoms with Crippen LogP contribution in [0.4, 0.5) is 5.69 Å². The fourth-order valence-electron chi connectivity index (χ4n) is 3.13. The molecule has 3 aromatic rings. The van der Waals surface area contributed by atoms with Gasteiger partial charge in [0, 0.05) is 24.2 Å². The fourth-order valence-corrected chi connectivity index (χ4v) is 3.13. The lowest BCUT2D eigenvalue weighted by Gasteiger charge is -2.15. The van der Waals surface area contributed by atoms with E-state index in [0.29, 0.717) is 11.5 Å². The molecule has 0 spiro atoms. The zero-order chi connectivity index (χ0) is 20.2. The molecule has 146 valence electrons. The fraction of sp³-hybridized carbons (Fsp3) is 0.130. The highest BCUT2D eigenvalue weighted by atomic mass is 16.7. The van der Waals surface area contributed by atoms with Crippen LogP contribution in [0.1, 0.15) is 5.56 Å². The summed E-state index contributed by atoms with van der Waals surface area (Å²) in [6.45, 7) is 0.156. The summed E-state index contributed by atoms with van der Waals surface area (Å²) in [4.78, 5) is 26.1. The molecule has 6 heteroatoms. The monoisotopic (exact) mass is 388 g/mol. The smallest absolute Gasteiger partial charge is 0.246 e. The van der Waals surface area contributed by atoms with Crippen LogP contribution in [0.2, 0.25) is 0 Å². The van der Waals surface area contributed by atoms with Crippen molar-refractivity contribution in [3.05, 3.63) is 72.3 Å². The van der Waals surface area contributed by atoms with Crippen LogP contribution >= 0.6 is 0 Å². The van der Waals surface area contributed by atoms with Crippen molar-refractivity contribution in [1.82, 2.24) is 4.90 Å². The summed E-state index contributed by atoms with van der Waals surface area (Å²) in [5, 5.41) is 4.89. The van der Waals surface area contributed by atoms with Gasteiger partial charge < -0.3 is 19.7 Å². The number of nitrogens with one attached hydrogen (secondary N) is 1. The van der Waals surface area contributed by atoms with Crippen molar-refractivity contribution in [1.29, 1.82) is 0 Å². The second-order valence-electron chi connectivity index (χ2n) is 6.72. The number of hydrogen-bond donors (Lipinski definition) is 1. The van der Waals surface area contributed by atoms with Gasteiger partial charge in [-0.05, 0) is 35.2 Å². The lowest BCUT2D eigenvalue weighted by atomic mass is 10.1. The summed E-state index contributed by atoms with van der Waals surface area (Å²) < 4.78 is 10.6. The normalized spacial score (nSPS) is 12.3. The van der Waals surface area contributed by atoms with E-state index in [4.69, 9.17) is 9.47 Å². The van der Waals surface area contributed by atoms with Crippen molar-refractivity contribution >= 4 is 34.4 Å². The van der Waals surface area contributed by atoms with Crippen LogP contribution in [0.5, 0.6) is 11.5 Å². The largest absolute Gasteiger partial charge is 0.454 e. The van der Waals surface area contributed by atoms with Gasteiger partial charge in [0.25, 0.3) is 0 Å². The van der Waals surface area contributed by atoms with Gasteiger partial charge in [0.15, 0.2) is 11.5 Å². The van der Waals surface area contributed by atoms with Crippen molar-refractivity contribution in [2.75, 3.05) is 25.7 Å². The first kappa shape index (κ1) is 18.6. The first-order valence-corrected chi connectivity index (χ1v) is 9.20. The number of amides is 2. The van der Waals surface area contributed by atoms with Crippen LogP contribution in [0.15, 0.2) is 66.7 Å². The number of ether oxygens (including phenoxy) is 2. The molecule has 0 aliphatic carbocycles. The molecule has 1 aliphatic rings. The van der Waals surface area contributed by atoms with Gasteiger partial charge in [-0.15, -0.1) is 0 Å². The van der Waals surface area contributed by atoms with Crippen LogP contribution < -0.4 is 14.8 Å². The zero-order valence-electron chi connectivity index (χ0n) is 15.9. The van der Waals surface area contributed by atoms with Crippen LogP contribution in [0, 0.1) is 0 Å². The van der Waals surface area contributed by atoms with Crippen LogP contribution in [-0.4, -0.2) is 37.1 Å². The van der Waals surface area contributed by atoms with Gasteiger partial charge >= 0.3 is 0 Å². The third-order valence-corrected chi connectivity index (χ3v) is 4.64. The van der Waals surface area contributed by atoms with E-state index in [9.17, 15) is 9.59 Å². The number of likely N-dealkylation sites (N-methyl/N-ethyl adjacent to an activating group) is 1. The van der Waals surface area contributed by atoms with E-state index < -0.39 is 0 Å². The third-order valence-electron chi connectivity index (χ3n) is 4.64. The highest BCUT2D eigenvalue weighted by Crippen LogP contribution is 2.32. The average molecular weight is 388 g/mol. The molecule has 1 heterocycles. The van der Waals surface area contributed by atoms with E-state index in [1.165, 1.54) is 11.0 Å². The predicted molar refractivity (Wildman–Crippen MR) is 112 cm³/mol. The molecule has 0 bridgehead atoms. The molecule has 0 saturated carbocycles. The van der Waals surface area contributed by atoms with Gasteiger partial charge in [0.1, 0.15) is 0 Å². The maximum atomic E-state index is 12.4. The Morgan fingerprint density at radius 1 is 1.03 bits per heavy atom. The summed E-state index contributed by atoms with van der Waals surface area (Å²) >= 11 is 0. The second kappa shape index (κ2) is 8.06. The van der Waals surface area contributed by atoms with Crippen LogP contribution in [0.25, 0.3) is 16.8 Å². The van der Waals surface area contributed by atoms with Gasteiger partial charge in [0.05, 0.1) is 6.54 Å². The predicted octanol–water partition coefficient (Wildman–Crippen LogP) is 3.68. The minimum absolute atomic E-state index is 0.0481. The van der Waals surface area contributed by atoms with E-state index in [1.54, 1.807) is 25.3 Å². The Balaban J connectivity index is 1.37. The van der Waals surface area contributed by atoms with Crippen molar-refractivity contribution in [3.8, 4) is 11.5 Å². The number of fused-ring (bicyclic) bond motifs is 2. The molecule has 6 nitrogen and oxygen atoms in total. The molecular weight excluding hydrogens is 368 g/mol. The molecule has 0 fully saturated rings. The van der Waals surface area contributed by atoms with E-state index in [0.717, 1.165) is 22.0 Å². The minimum Gasteiger partial charge on any atom is -0.454 e. The number of nitrogens with zero attached hydrogens (tertiary/aromatic N) is 1. The molecule has 0 radical (unpaired) electrons. The Morgan fingerprint density at radius 3 is 2.72 bits per heavy atom. The first-order valence-electron chi connectivity index (χ1n) is 9.20. The van der Waals surface area contributed by atoms with Crippen LogP contribution in [-0.2, 0) is 9.59 Å². The summed E-state index contributed by atoms with van der Waals surface area (Å²) in [6, 6.07) is 19.0. The number of carbonyl (C=O) groups is 2. The molecule has 0 aromatic heterocycles. The maximum Gasteiger partial charge on any atom is 0.246 e. The maximum absolute atomic E-state index is 12.4. The van der Waals surface area contributed by atoms with Gasteiger partial charge in [-0.3, -0.25) is 9.59 Å². The summed E-state index contributed by atoms with van der Waals surface area (Å²) in [5.74, 6) is 0.822. The van der Waals surface area contributed by atoms with Gasteiger partial charge in [-0.1, -0.05) is 42.5 Å².